The highest BCUT2D eigenvalue weighted by atomic mass is 79.9. The van der Waals surface area contributed by atoms with Crippen LogP contribution in [0.5, 0.6) is 0 Å². The van der Waals surface area contributed by atoms with Gasteiger partial charge in [0, 0.05) is 23.8 Å². The van der Waals surface area contributed by atoms with Crippen molar-refractivity contribution >= 4 is 27.4 Å². The highest BCUT2D eigenvalue weighted by Crippen LogP contribution is 2.21. The van der Waals surface area contributed by atoms with Gasteiger partial charge in [-0.3, -0.25) is 0 Å². The number of aromatic nitrogens is 1. The molecule has 0 saturated heterocycles. The third-order valence-electron chi connectivity index (χ3n) is 2.86. The second-order valence-electron chi connectivity index (χ2n) is 4.29. The maximum atomic E-state index is 5.95. The number of pyridine rings is 1. The first-order chi connectivity index (χ1) is 8.58. The van der Waals surface area contributed by atoms with Gasteiger partial charge >= 0.3 is 0 Å². The maximum absolute atomic E-state index is 5.95. The van der Waals surface area contributed by atoms with E-state index in [1.165, 1.54) is 0 Å². The minimum atomic E-state index is 0.751. The molecule has 0 aliphatic heterocycles. The topological polar surface area (TPSA) is 42.2 Å². The number of nitrogen functional groups attached to an aromatic ring is 1. The van der Waals surface area contributed by atoms with Gasteiger partial charge in [-0.25, -0.2) is 4.98 Å². The van der Waals surface area contributed by atoms with E-state index in [-0.39, 0.29) is 0 Å². The first-order valence-electron chi connectivity index (χ1n) is 5.75. The fourth-order valence-corrected chi connectivity index (χ4v) is 1.98. The van der Waals surface area contributed by atoms with Crippen molar-refractivity contribution in [3.05, 3.63) is 52.1 Å². The van der Waals surface area contributed by atoms with Crippen LogP contribution in [-0.4, -0.2) is 12.0 Å². The molecule has 0 radical (unpaired) electrons. The Morgan fingerprint density at radius 3 is 2.61 bits per heavy atom. The number of nitrogens with zero attached hydrogens (tertiary/aromatic N) is 2. The molecule has 0 bridgehead atoms. The summed E-state index contributed by atoms with van der Waals surface area (Å²) in [5.41, 5.74) is 8.86. The van der Waals surface area contributed by atoms with Crippen molar-refractivity contribution in [2.45, 2.75) is 13.5 Å². The van der Waals surface area contributed by atoms with Crippen LogP contribution >= 0.6 is 15.9 Å². The van der Waals surface area contributed by atoms with E-state index in [2.05, 4.69) is 25.8 Å². The third-order valence-corrected chi connectivity index (χ3v) is 3.70. The highest BCUT2D eigenvalue weighted by molar-refractivity contribution is 9.10. The summed E-state index contributed by atoms with van der Waals surface area (Å²) in [5, 5.41) is 0. The van der Waals surface area contributed by atoms with E-state index < -0.39 is 0 Å². The van der Waals surface area contributed by atoms with Crippen LogP contribution in [0.15, 0.2) is 40.9 Å². The summed E-state index contributed by atoms with van der Waals surface area (Å²) in [5.74, 6) is 0.943. The van der Waals surface area contributed by atoms with E-state index in [4.69, 9.17) is 5.73 Å². The van der Waals surface area contributed by atoms with Crippen LogP contribution in [0.25, 0.3) is 0 Å². The van der Waals surface area contributed by atoms with Gasteiger partial charge in [0.2, 0.25) is 0 Å². The van der Waals surface area contributed by atoms with Gasteiger partial charge in [-0.1, -0.05) is 18.2 Å². The molecule has 2 aromatic rings. The average Bonchev–Trinajstić information content (AvgIpc) is 2.35. The Kier molecular flexibility index (Phi) is 3.87. The average molecular weight is 306 g/mol. The monoisotopic (exact) mass is 305 g/mol. The number of nitrogens with two attached hydrogens (primary N) is 1. The van der Waals surface area contributed by atoms with Crippen LogP contribution in [-0.2, 0) is 6.54 Å². The molecule has 1 aromatic carbocycles. The summed E-state index contributed by atoms with van der Waals surface area (Å²) in [4.78, 5) is 6.63. The van der Waals surface area contributed by atoms with Crippen molar-refractivity contribution in [3.63, 3.8) is 0 Å². The molecule has 0 atom stereocenters. The zero-order chi connectivity index (χ0) is 13.1. The first kappa shape index (κ1) is 12.9. The molecule has 4 heteroatoms. The van der Waals surface area contributed by atoms with Crippen LogP contribution in [0.2, 0.25) is 0 Å². The second kappa shape index (κ2) is 5.40. The Hall–Kier alpha value is -1.55. The van der Waals surface area contributed by atoms with Crippen molar-refractivity contribution in [2.75, 3.05) is 17.7 Å². The lowest BCUT2D eigenvalue weighted by atomic mass is 10.2. The SMILES string of the molecule is Cc1nc(N(C)Cc2ccccc2N)ccc1Br. The van der Waals surface area contributed by atoms with Gasteiger partial charge in [0.05, 0.1) is 5.69 Å². The lowest BCUT2D eigenvalue weighted by molar-refractivity contribution is 0.893. The quantitative estimate of drug-likeness (QED) is 0.884. The normalized spacial score (nSPS) is 10.4. The summed E-state index contributed by atoms with van der Waals surface area (Å²) in [6, 6.07) is 11.9. The Morgan fingerprint density at radius 1 is 1.22 bits per heavy atom. The number of hydrogen-bond donors (Lipinski definition) is 1. The molecular weight excluding hydrogens is 290 g/mol. The summed E-state index contributed by atoms with van der Waals surface area (Å²) in [7, 11) is 2.02. The molecule has 0 fully saturated rings. The van der Waals surface area contributed by atoms with Gasteiger partial charge in [0.1, 0.15) is 5.82 Å². The number of hydrogen-bond acceptors (Lipinski definition) is 3. The second-order valence-corrected chi connectivity index (χ2v) is 5.15. The van der Waals surface area contributed by atoms with Crippen molar-refractivity contribution in [3.8, 4) is 0 Å². The van der Waals surface area contributed by atoms with E-state index in [0.29, 0.717) is 0 Å². The lowest BCUT2D eigenvalue weighted by Gasteiger charge is -2.19. The number of aryl methyl sites for hydroxylation is 1. The standard InChI is InChI=1S/C14H16BrN3/c1-10-12(15)7-8-14(17-10)18(2)9-11-5-3-4-6-13(11)16/h3-8H,9,16H2,1-2H3. The molecule has 0 aliphatic rings. The molecule has 3 nitrogen and oxygen atoms in total. The van der Waals surface area contributed by atoms with Crippen molar-refractivity contribution in [1.82, 2.24) is 4.98 Å². The molecule has 0 spiro atoms. The van der Waals surface area contributed by atoms with Crippen LogP contribution in [0.4, 0.5) is 11.5 Å². The third kappa shape index (κ3) is 2.82. The van der Waals surface area contributed by atoms with Crippen LogP contribution in [0, 0.1) is 6.92 Å². The summed E-state index contributed by atoms with van der Waals surface area (Å²) >= 11 is 3.46. The van der Waals surface area contributed by atoms with Gasteiger partial charge < -0.3 is 10.6 Å². The highest BCUT2D eigenvalue weighted by Gasteiger charge is 2.07. The predicted octanol–water partition coefficient (Wildman–Crippen LogP) is 3.37. The van der Waals surface area contributed by atoms with Crippen molar-refractivity contribution < 1.29 is 0 Å². The first-order valence-corrected chi connectivity index (χ1v) is 6.55. The molecule has 0 saturated carbocycles. The molecular formula is C14H16BrN3. The Labute approximate surface area is 116 Å². The number of benzene rings is 1. The van der Waals surface area contributed by atoms with Gasteiger partial charge in [0.15, 0.2) is 0 Å². The fraction of sp³-hybridized carbons (Fsp3) is 0.214. The molecule has 2 rings (SSSR count). The number of halogens is 1. The lowest BCUT2D eigenvalue weighted by Crippen LogP contribution is -2.18. The zero-order valence-corrected chi connectivity index (χ0v) is 12.1. The van der Waals surface area contributed by atoms with Gasteiger partial charge in [0.25, 0.3) is 0 Å². The van der Waals surface area contributed by atoms with E-state index >= 15 is 0 Å². The van der Waals surface area contributed by atoms with Crippen LogP contribution < -0.4 is 10.6 Å². The molecule has 0 aliphatic carbocycles. The van der Waals surface area contributed by atoms with E-state index in [9.17, 15) is 0 Å². The van der Waals surface area contributed by atoms with E-state index in [1.807, 2.05) is 50.4 Å². The number of para-hydroxylation sites is 1. The zero-order valence-electron chi connectivity index (χ0n) is 10.5. The predicted molar refractivity (Wildman–Crippen MR) is 79.6 cm³/mol. The fourth-order valence-electron chi connectivity index (χ4n) is 1.76. The molecule has 2 N–H and O–H groups in total. The Balaban J connectivity index is 2.19. The van der Waals surface area contributed by atoms with Crippen molar-refractivity contribution in [1.29, 1.82) is 0 Å². The van der Waals surface area contributed by atoms with E-state index in [0.717, 1.165) is 33.8 Å². The maximum Gasteiger partial charge on any atom is 0.128 e. The molecule has 0 amide bonds. The largest absolute Gasteiger partial charge is 0.398 e. The number of anilines is 2. The Morgan fingerprint density at radius 2 is 1.94 bits per heavy atom. The molecule has 1 heterocycles. The van der Waals surface area contributed by atoms with Crippen LogP contribution in [0.1, 0.15) is 11.3 Å². The molecule has 94 valence electrons. The summed E-state index contributed by atoms with van der Waals surface area (Å²) in [6.07, 6.45) is 0. The Bertz CT molecular complexity index is 554. The van der Waals surface area contributed by atoms with Crippen LogP contribution in [0.3, 0.4) is 0 Å². The van der Waals surface area contributed by atoms with Gasteiger partial charge in [-0.05, 0) is 46.6 Å². The van der Waals surface area contributed by atoms with E-state index in [1.54, 1.807) is 0 Å². The minimum Gasteiger partial charge on any atom is -0.398 e. The smallest absolute Gasteiger partial charge is 0.128 e. The van der Waals surface area contributed by atoms with Gasteiger partial charge in [-0.2, -0.15) is 0 Å². The summed E-state index contributed by atoms with van der Waals surface area (Å²) in [6.45, 7) is 2.74. The molecule has 1 aromatic heterocycles. The number of rotatable bonds is 3. The molecule has 18 heavy (non-hydrogen) atoms. The minimum absolute atomic E-state index is 0.751. The molecule has 0 unspecified atom stereocenters. The summed E-state index contributed by atoms with van der Waals surface area (Å²) < 4.78 is 1.03. The van der Waals surface area contributed by atoms with Gasteiger partial charge in [-0.15, -0.1) is 0 Å². The van der Waals surface area contributed by atoms with Crippen molar-refractivity contribution in [2.24, 2.45) is 0 Å².